The van der Waals surface area contributed by atoms with E-state index in [0.717, 1.165) is 17.8 Å². The summed E-state index contributed by atoms with van der Waals surface area (Å²) in [6, 6.07) is 11.5. The number of nitrogens with one attached hydrogen (secondary N) is 1. The summed E-state index contributed by atoms with van der Waals surface area (Å²) in [4.78, 5) is 0. The first-order valence-corrected chi connectivity index (χ1v) is 8.18. The zero-order valence-corrected chi connectivity index (χ0v) is 13.8. The predicted molar refractivity (Wildman–Crippen MR) is 88.0 cm³/mol. The maximum absolute atomic E-state index is 3.65. The number of benzene rings is 1. The smallest absolute Gasteiger partial charge is 0.0184 e. The highest BCUT2D eigenvalue weighted by molar-refractivity contribution is 5.26. The van der Waals surface area contributed by atoms with E-state index in [1.54, 1.807) is 0 Å². The Bertz CT molecular complexity index is 399. The lowest BCUT2D eigenvalue weighted by Crippen LogP contribution is -2.50. The van der Waals surface area contributed by atoms with Crippen molar-refractivity contribution in [2.45, 2.75) is 58.4 Å². The predicted octanol–water partition coefficient (Wildman–Crippen LogP) is 4.62. The van der Waals surface area contributed by atoms with E-state index in [-0.39, 0.29) is 5.41 Å². The molecule has 0 amide bonds. The molecule has 1 aliphatic carbocycles. The SMILES string of the molecule is CNC(C1CC(C)CC(C)C1)C(C)(C)c1ccccc1. The first kappa shape index (κ1) is 15.6. The maximum atomic E-state index is 3.65. The molecule has 1 aromatic rings. The van der Waals surface area contributed by atoms with E-state index >= 15 is 0 Å². The van der Waals surface area contributed by atoms with Crippen LogP contribution in [0.15, 0.2) is 30.3 Å². The fourth-order valence-electron chi connectivity index (χ4n) is 4.51. The van der Waals surface area contributed by atoms with Gasteiger partial charge in [-0.25, -0.2) is 0 Å². The summed E-state index contributed by atoms with van der Waals surface area (Å²) >= 11 is 0. The molecular weight excluding hydrogens is 242 g/mol. The molecule has 1 saturated carbocycles. The fraction of sp³-hybridized carbons (Fsp3) is 0.684. The van der Waals surface area contributed by atoms with E-state index in [1.807, 2.05) is 0 Å². The topological polar surface area (TPSA) is 12.0 Å². The third-order valence-electron chi connectivity index (χ3n) is 5.29. The van der Waals surface area contributed by atoms with Crippen molar-refractivity contribution in [2.75, 3.05) is 7.05 Å². The molecule has 1 aromatic carbocycles. The van der Waals surface area contributed by atoms with Gasteiger partial charge in [0.2, 0.25) is 0 Å². The maximum Gasteiger partial charge on any atom is 0.0184 e. The van der Waals surface area contributed by atoms with Gasteiger partial charge in [-0.2, -0.15) is 0 Å². The minimum absolute atomic E-state index is 0.178. The molecule has 0 radical (unpaired) electrons. The van der Waals surface area contributed by atoms with Crippen LogP contribution in [-0.4, -0.2) is 13.1 Å². The van der Waals surface area contributed by atoms with Gasteiger partial charge < -0.3 is 5.32 Å². The summed E-state index contributed by atoms with van der Waals surface area (Å²) in [5, 5.41) is 3.65. The first-order valence-electron chi connectivity index (χ1n) is 8.18. The Morgan fingerprint density at radius 2 is 1.55 bits per heavy atom. The van der Waals surface area contributed by atoms with Gasteiger partial charge in [0.05, 0.1) is 0 Å². The highest BCUT2D eigenvalue weighted by Crippen LogP contribution is 2.40. The fourth-order valence-corrected chi connectivity index (χ4v) is 4.51. The number of likely N-dealkylation sites (N-methyl/N-ethyl adjacent to an activating group) is 1. The Morgan fingerprint density at radius 3 is 2.05 bits per heavy atom. The molecule has 1 nitrogen and oxygen atoms in total. The molecule has 0 saturated heterocycles. The van der Waals surface area contributed by atoms with Crippen molar-refractivity contribution in [1.82, 2.24) is 5.32 Å². The van der Waals surface area contributed by atoms with Gasteiger partial charge in [0.15, 0.2) is 0 Å². The van der Waals surface area contributed by atoms with Gasteiger partial charge in [-0.15, -0.1) is 0 Å². The summed E-state index contributed by atoms with van der Waals surface area (Å²) in [5.41, 5.74) is 1.63. The third kappa shape index (κ3) is 3.25. The summed E-state index contributed by atoms with van der Waals surface area (Å²) < 4.78 is 0. The highest BCUT2D eigenvalue weighted by Gasteiger charge is 2.38. The van der Waals surface area contributed by atoms with Gasteiger partial charge in [0.1, 0.15) is 0 Å². The average molecular weight is 273 g/mol. The van der Waals surface area contributed by atoms with Crippen LogP contribution in [0, 0.1) is 17.8 Å². The second kappa shape index (κ2) is 6.30. The van der Waals surface area contributed by atoms with Crippen molar-refractivity contribution >= 4 is 0 Å². The summed E-state index contributed by atoms with van der Waals surface area (Å²) in [5.74, 6) is 2.52. The average Bonchev–Trinajstić information content (AvgIpc) is 2.39. The van der Waals surface area contributed by atoms with Crippen molar-refractivity contribution < 1.29 is 0 Å². The van der Waals surface area contributed by atoms with Crippen LogP contribution in [-0.2, 0) is 5.41 Å². The lowest BCUT2D eigenvalue weighted by Gasteiger charge is -2.44. The monoisotopic (exact) mass is 273 g/mol. The zero-order chi connectivity index (χ0) is 14.8. The van der Waals surface area contributed by atoms with Crippen LogP contribution < -0.4 is 5.32 Å². The van der Waals surface area contributed by atoms with Gasteiger partial charge in [-0.3, -0.25) is 0 Å². The Hall–Kier alpha value is -0.820. The summed E-state index contributed by atoms with van der Waals surface area (Å²) in [6.45, 7) is 9.64. The Morgan fingerprint density at radius 1 is 1.00 bits per heavy atom. The molecule has 2 rings (SSSR count). The van der Waals surface area contributed by atoms with Gasteiger partial charge >= 0.3 is 0 Å². The minimum atomic E-state index is 0.178. The van der Waals surface area contributed by atoms with Crippen molar-refractivity contribution in [3.63, 3.8) is 0 Å². The summed E-state index contributed by atoms with van der Waals surface area (Å²) in [7, 11) is 2.14. The van der Waals surface area contributed by atoms with Gasteiger partial charge in [0.25, 0.3) is 0 Å². The second-order valence-corrected chi connectivity index (χ2v) is 7.53. The van der Waals surface area contributed by atoms with Crippen LogP contribution in [0.25, 0.3) is 0 Å². The molecule has 1 heteroatoms. The molecule has 1 fully saturated rings. The van der Waals surface area contributed by atoms with Gasteiger partial charge in [0, 0.05) is 11.5 Å². The number of hydrogen-bond acceptors (Lipinski definition) is 1. The standard InChI is InChI=1S/C19H31N/c1-14-11-15(2)13-16(12-14)18(20-5)19(3,4)17-9-7-6-8-10-17/h6-10,14-16,18,20H,11-13H2,1-5H3. The molecule has 0 heterocycles. The lowest BCUT2D eigenvalue weighted by molar-refractivity contribution is 0.142. The van der Waals surface area contributed by atoms with Crippen LogP contribution in [0.3, 0.4) is 0 Å². The molecule has 0 bridgehead atoms. The lowest BCUT2D eigenvalue weighted by atomic mass is 9.65. The molecular formula is C19H31N. The first-order chi connectivity index (χ1) is 9.45. The van der Waals surface area contributed by atoms with Crippen molar-refractivity contribution in [3.8, 4) is 0 Å². The van der Waals surface area contributed by atoms with E-state index in [9.17, 15) is 0 Å². The molecule has 20 heavy (non-hydrogen) atoms. The molecule has 3 atom stereocenters. The van der Waals surface area contributed by atoms with Crippen molar-refractivity contribution in [3.05, 3.63) is 35.9 Å². The largest absolute Gasteiger partial charge is 0.316 e. The zero-order valence-electron chi connectivity index (χ0n) is 13.8. The number of hydrogen-bond donors (Lipinski definition) is 1. The Balaban J connectivity index is 2.22. The highest BCUT2D eigenvalue weighted by atomic mass is 14.9. The van der Waals surface area contributed by atoms with E-state index in [4.69, 9.17) is 0 Å². The van der Waals surface area contributed by atoms with Crippen LogP contribution >= 0.6 is 0 Å². The molecule has 0 aromatic heterocycles. The van der Waals surface area contributed by atoms with Crippen LogP contribution in [0.1, 0.15) is 52.5 Å². The summed E-state index contributed by atoms with van der Waals surface area (Å²) in [6.07, 6.45) is 4.14. The van der Waals surface area contributed by atoms with Crippen molar-refractivity contribution in [1.29, 1.82) is 0 Å². The Kier molecular flexibility index (Phi) is 4.90. The molecule has 0 spiro atoms. The van der Waals surface area contributed by atoms with Crippen molar-refractivity contribution in [2.24, 2.45) is 17.8 Å². The minimum Gasteiger partial charge on any atom is -0.316 e. The van der Waals surface area contributed by atoms with E-state index < -0.39 is 0 Å². The van der Waals surface area contributed by atoms with E-state index in [2.05, 4.69) is 70.4 Å². The molecule has 3 unspecified atom stereocenters. The molecule has 0 aliphatic heterocycles. The van der Waals surface area contributed by atoms with E-state index in [1.165, 1.54) is 24.8 Å². The molecule has 1 aliphatic rings. The van der Waals surface area contributed by atoms with E-state index in [0.29, 0.717) is 6.04 Å². The normalized spacial score (nSPS) is 29.1. The van der Waals surface area contributed by atoms with Crippen LogP contribution in [0.2, 0.25) is 0 Å². The number of rotatable bonds is 4. The second-order valence-electron chi connectivity index (χ2n) is 7.53. The van der Waals surface area contributed by atoms with Gasteiger partial charge in [-0.05, 0) is 49.6 Å². The molecule has 1 N–H and O–H groups in total. The van der Waals surface area contributed by atoms with Gasteiger partial charge in [-0.1, -0.05) is 58.0 Å². The quantitative estimate of drug-likeness (QED) is 0.843. The van der Waals surface area contributed by atoms with Crippen LogP contribution in [0.5, 0.6) is 0 Å². The van der Waals surface area contributed by atoms with Crippen LogP contribution in [0.4, 0.5) is 0 Å². The molecule has 112 valence electrons. The Labute approximate surface area is 125 Å². The third-order valence-corrected chi connectivity index (χ3v) is 5.29.